The summed E-state index contributed by atoms with van der Waals surface area (Å²) in [4.78, 5) is 11.4. The Kier molecular flexibility index (Phi) is 3.25. The third-order valence-electron chi connectivity index (χ3n) is 3.18. The van der Waals surface area contributed by atoms with Gasteiger partial charge in [-0.05, 0) is 42.4 Å². The van der Waals surface area contributed by atoms with Crippen LogP contribution in [0.4, 0.5) is 0 Å². The molecule has 2 rings (SSSR count). The first-order chi connectivity index (χ1) is 7.66. The topological polar surface area (TPSA) is 46.3 Å². The summed E-state index contributed by atoms with van der Waals surface area (Å²) >= 11 is 0. The zero-order chi connectivity index (χ0) is 11.5. The number of fused-ring (bicyclic) bond motifs is 1. The smallest absolute Gasteiger partial charge is 0.236 e. The zero-order valence-electron chi connectivity index (χ0n) is 9.70. The molecule has 1 aliphatic rings. The first kappa shape index (κ1) is 11.1. The molecule has 0 spiro atoms. The standard InChI is InChI=1S/C13H18N2O/c1-15(14)13(16)8-6-10-5-7-11-3-2-4-12(11)9-10/h5,7,9H,2-4,6,8,14H2,1H3. The van der Waals surface area contributed by atoms with Gasteiger partial charge >= 0.3 is 0 Å². The maximum absolute atomic E-state index is 11.4. The van der Waals surface area contributed by atoms with Gasteiger partial charge in [0.2, 0.25) is 5.91 Å². The van der Waals surface area contributed by atoms with Crippen molar-refractivity contribution in [3.8, 4) is 0 Å². The van der Waals surface area contributed by atoms with Gasteiger partial charge in [0, 0.05) is 13.5 Å². The fourth-order valence-electron chi connectivity index (χ4n) is 2.21. The first-order valence-corrected chi connectivity index (χ1v) is 5.79. The van der Waals surface area contributed by atoms with E-state index in [2.05, 4.69) is 18.2 Å². The minimum atomic E-state index is -0.0134. The SMILES string of the molecule is CN(N)C(=O)CCc1ccc2c(c1)CCC2. The molecular weight excluding hydrogens is 200 g/mol. The Morgan fingerprint density at radius 1 is 1.38 bits per heavy atom. The van der Waals surface area contributed by atoms with E-state index in [9.17, 15) is 4.79 Å². The van der Waals surface area contributed by atoms with Crippen molar-refractivity contribution in [3.05, 3.63) is 34.9 Å². The maximum Gasteiger partial charge on any atom is 0.236 e. The Morgan fingerprint density at radius 2 is 2.12 bits per heavy atom. The van der Waals surface area contributed by atoms with Crippen molar-refractivity contribution in [2.75, 3.05) is 7.05 Å². The Labute approximate surface area is 96.2 Å². The van der Waals surface area contributed by atoms with Gasteiger partial charge in [0.25, 0.3) is 0 Å². The Bertz CT molecular complexity index is 399. The molecule has 0 saturated carbocycles. The molecular formula is C13H18N2O. The number of nitrogens with zero attached hydrogens (tertiary/aromatic N) is 1. The van der Waals surface area contributed by atoms with Gasteiger partial charge < -0.3 is 0 Å². The van der Waals surface area contributed by atoms with Gasteiger partial charge in [-0.2, -0.15) is 0 Å². The average molecular weight is 218 g/mol. The van der Waals surface area contributed by atoms with Crippen LogP contribution in [-0.2, 0) is 24.1 Å². The van der Waals surface area contributed by atoms with Crippen LogP contribution in [0.3, 0.4) is 0 Å². The molecule has 1 amide bonds. The van der Waals surface area contributed by atoms with E-state index in [4.69, 9.17) is 5.84 Å². The summed E-state index contributed by atoms with van der Waals surface area (Å²) in [6.07, 6.45) is 4.94. The van der Waals surface area contributed by atoms with Gasteiger partial charge in [-0.1, -0.05) is 18.2 Å². The molecule has 3 nitrogen and oxygen atoms in total. The number of rotatable bonds is 3. The van der Waals surface area contributed by atoms with Crippen LogP contribution in [0.5, 0.6) is 0 Å². The van der Waals surface area contributed by atoms with Crippen molar-refractivity contribution in [2.45, 2.75) is 32.1 Å². The van der Waals surface area contributed by atoms with E-state index in [0.29, 0.717) is 6.42 Å². The third kappa shape index (κ3) is 2.42. The number of benzene rings is 1. The van der Waals surface area contributed by atoms with E-state index in [-0.39, 0.29) is 5.91 Å². The van der Waals surface area contributed by atoms with Gasteiger partial charge in [-0.25, -0.2) is 5.84 Å². The van der Waals surface area contributed by atoms with Gasteiger partial charge in [0.05, 0.1) is 0 Å². The number of carbonyl (C=O) groups excluding carboxylic acids is 1. The van der Waals surface area contributed by atoms with Gasteiger partial charge in [-0.15, -0.1) is 0 Å². The van der Waals surface area contributed by atoms with Crippen molar-refractivity contribution in [2.24, 2.45) is 5.84 Å². The second-order valence-corrected chi connectivity index (χ2v) is 4.46. The molecule has 0 fully saturated rings. The van der Waals surface area contributed by atoms with Crippen molar-refractivity contribution in [1.29, 1.82) is 0 Å². The second kappa shape index (κ2) is 4.66. The Hall–Kier alpha value is -1.35. The summed E-state index contributed by atoms with van der Waals surface area (Å²) in [7, 11) is 1.59. The molecule has 0 aliphatic heterocycles. The van der Waals surface area contributed by atoms with Crippen LogP contribution in [0, 0.1) is 0 Å². The predicted octanol–water partition coefficient (Wildman–Crippen LogP) is 1.44. The highest BCUT2D eigenvalue weighted by atomic mass is 16.2. The molecule has 0 unspecified atom stereocenters. The molecule has 86 valence electrons. The van der Waals surface area contributed by atoms with Crippen molar-refractivity contribution < 1.29 is 4.79 Å². The molecule has 0 atom stereocenters. The highest BCUT2D eigenvalue weighted by Crippen LogP contribution is 2.23. The van der Waals surface area contributed by atoms with Crippen LogP contribution in [0.25, 0.3) is 0 Å². The number of amides is 1. The summed E-state index contributed by atoms with van der Waals surface area (Å²) in [6.45, 7) is 0. The second-order valence-electron chi connectivity index (χ2n) is 4.46. The lowest BCUT2D eigenvalue weighted by molar-refractivity contribution is -0.130. The minimum absolute atomic E-state index is 0.0134. The van der Waals surface area contributed by atoms with E-state index in [1.165, 1.54) is 36.0 Å². The summed E-state index contributed by atoms with van der Waals surface area (Å²) < 4.78 is 0. The fourth-order valence-corrected chi connectivity index (χ4v) is 2.21. The molecule has 0 radical (unpaired) electrons. The number of hydrogen-bond acceptors (Lipinski definition) is 2. The van der Waals surface area contributed by atoms with E-state index >= 15 is 0 Å². The minimum Gasteiger partial charge on any atom is -0.284 e. The molecule has 2 N–H and O–H groups in total. The Morgan fingerprint density at radius 3 is 2.88 bits per heavy atom. The van der Waals surface area contributed by atoms with Crippen molar-refractivity contribution in [3.63, 3.8) is 0 Å². The monoisotopic (exact) mass is 218 g/mol. The summed E-state index contributed by atoms with van der Waals surface area (Å²) in [5, 5.41) is 1.16. The number of nitrogens with two attached hydrogens (primary N) is 1. The average Bonchev–Trinajstić information content (AvgIpc) is 2.72. The molecule has 16 heavy (non-hydrogen) atoms. The molecule has 1 aliphatic carbocycles. The summed E-state index contributed by atoms with van der Waals surface area (Å²) in [5.41, 5.74) is 4.19. The largest absolute Gasteiger partial charge is 0.284 e. The van der Waals surface area contributed by atoms with Crippen LogP contribution >= 0.6 is 0 Å². The van der Waals surface area contributed by atoms with Crippen molar-refractivity contribution >= 4 is 5.91 Å². The third-order valence-corrected chi connectivity index (χ3v) is 3.18. The summed E-state index contributed by atoms with van der Waals surface area (Å²) in [5.74, 6) is 5.36. The van der Waals surface area contributed by atoms with Crippen LogP contribution in [-0.4, -0.2) is 18.0 Å². The molecule has 1 aromatic carbocycles. The fraction of sp³-hybridized carbons (Fsp3) is 0.462. The highest BCUT2D eigenvalue weighted by molar-refractivity contribution is 5.75. The molecule has 0 saturated heterocycles. The van der Waals surface area contributed by atoms with E-state index < -0.39 is 0 Å². The van der Waals surface area contributed by atoms with Crippen LogP contribution < -0.4 is 5.84 Å². The normalized spacial score (nSPS) is 13.6. The number of hydrogen-bond donors (Lipinski definition) is 1. The number of hydrazine groups is 1. The summed E-state index contributed by atoms with van der Waals surface area (Å²) in [6, 6.07) is 6.58. The lowest BCUT2D eigenvalue weighted by Gasteiger charge is -2.10. The Balaban J connectivity index is 1.98. The quantitative estimate of drug-likeness (QED) is 0.474. The first-order valence-electron chi connectivity index (χ1n) is 5.79. The van der Waals surface area contributed by atoms with Gasteiger partial charge in [-0.3, -0.25) is 9.80 Å². The molecule has 0 aromatic heterocycles. The maximum atomic E-state index is 11.4. The molecule has 3 heteroatoms. The van der Waals surface area contributed by atoms with Gasteiger partial charge in [0.15, 0.2) is 0 Å². The van der Waals surface area contributed by atoms with Crippen LogP contribution in [0.2, 0.25) is 0 Å². The van der Waals surface area contributed by atoms with E-state index in [1.54, 1.807) is 7.05 Å². The van der Waals surface area contributed by atoms with Crippen LogP contribution in [0.15, 0.2) is 18.2 Å². The van der Waals surface area contributed by atoms with Crippen LogP contribution in [0.1, 0.15) is 29.5 Å². The zero-order valence-corrected chi connectivity index (χ0v) is 9.70. The van der Waals surface area contributed by atoms with Crippen molar-refractivity contribution in [1.82, 2.24) is 5.01 Å². The molecule has 0 bridgehead atoms. The number of aryl methyl sites for hydroxylation is 3. The predicted molar refractivity (Wildman–Crippen MR) is 63.7 cm³/mol. The van der Waals surface area contributed by atoms with E-state index in [0.717, 1.165) is 11.4 Å². The lowest BCUT2D eigenvalue weighted by Crippen LogP contribution is -2.33. The number of carbonyl (C=O) groups is 1. The lowest BCUT2D eigenvalue weighted by atomic mass is 10.0. The highest BCUT2D eigenvalue weighted by Gasteiger charge is 2.11. The van der Waals surface area contributed by atoms with Gasteiger partial charge in [0.1, 0.15) is 0 Å². The molecule has 0 heterocycles. The molecule has 1 aromatic rings. The van der Waals surface area contributed by atoms with E-state index in [1.807, 2.05) is 0 Å².